The minimum absolute atomic E-state index is 0.338. The van der Waals surface area contributed by atoms with Crippen LogP contribution in [-0.4, -0.2) is 17.4 Å². The molecule has 0 unspecified atom stereocenters. The van der Waals surface area contributed by atoms with E-state index >= 15 is 0 Å². The second kappa shape index (κ2) is 6.28. The van der Waals surface area contributed by atoms with Crippen LogP contribution in [0.15, 0.2) is 66.7 Å². The summed E-state index contributed by atoms with van der Waals surface area (Å²) in [5.74, 6) is -1.10. The lowest BCUT2D eigenvalue weighted by molar-refractivity contribution is -0.486. The molecule has 24 heavy (non-hydrogen) atoms. The molecule has 2 aromatic rings. The second-order valence-electron chi connectivity index (χ2n) is 5.89. The zero-order chi connectivity index (χ0) is 17.2. The Bertz CT molecular complexity index is 783. The van der Waals surface area contributed by atoms with Gasteiger partial charge in [-0.2, -0.15) is 0 Å². The maximum Gasteiger partial charge on any atom is 0.331 e. The third kappa shape index (κ3) is 2.93. The standard InChI is InChI=1S/C19H17NO4/c1-14-7-9-16(10-8-14)19(12-11-18(21)24-19)17(13-20(22)23)15-5-3-2-4-6-15/h2-12,17H,13H2,1H3/t17-,19-/m1/s1. The maximum absolute atomic E-state index is 11.8. The highest BCUT2D eigenvalue weighted by Gasteiger charge is 2.48. The molecule has 0 spiro atoms. The van der Waals surface area contributed by atoms with Crippen molar-refractivity contribution in [2.24, 2.45) is 0 Å². The highest BCUT2D eigenvalue weighted by atomic mass is 16.6. The Morgan fingerprint density at radius 2 is 1.79 bits per heavy atom. The van der Waals surface area contributed by atoms with Crippen LogP contribution in [0.5, 0.6) is 0 Å². The molecule has 1 aliphatic rings. The number of nitrogens with zero attached hydrogens (tertiary/aromatic N) is 1. The first-order chi connectivity index (χ1) is 11.5. The molecule has 0 radical (unpaired) electrons. The van der Waals surface area contributed by atoms with E-state index in [1.807, 2.05) is 61.5 Å². The van der Waals surface area contributed by atoms with E-state index < -0.39 is 17.5 Å². The van der Waals surface area contributed by atoms with Gasteiger partial charge in [-0.15, -0.1) is 0 Å². The molecule has 0 N–H and O–H groups in total. The lowest BCUT2D eigenvalue weighted by atomic mass is 9.77. The van der Waals surface area contributed by atoms with Crippen LogP contribution in [0.1, 0.15) is 22.6 Å². The summed E-state index contributed by atoms with van der Waals surface area (Å²) in [7, 11) is 0. The van der Waals surface area contributed by atoms with Gasteiger partial charge in [0.15, 0.2) is 5.60 Å². The van der Waals surface area contributed by atoms with Crippen molar-refractivity contribution < 1.29 is 14.5 Å². The third-order valence-corrected chi connectivity index (χ3v) is 4.29. The molecule has 0 saturated heterocycles. The maximum atomic E-state index is 11.8. The minimum Gasteiger partial charge on any atom is -0.446 e. The summed E-state index contributed by atoms with van der Waals surface area (Å²) in [5.41, 5.74) is 1.38. The predicted octanol–water partition coefficient (Wildman–Crippen LogP) is 3.36. The molecule has 2 atom stereocenters. The number of rotatable bonds is 5. The van der Waals surface area contributed by atoms with Crippen LogP contribution >= 0.6 is 0 Å². The highest BCUT2D eigenvalue weighted by molar-refractivity contribution is 5.85. The number of hydrogen-bond donors (Lipinski definition) is 0. The zero-order valence-corrected chi connectivity index (χ0v) is 13.2. The molecule has 2 aromatic carbocycles. The van der Waals surface area contributed by atoms with Crippen molar-refractivity contribution in [1.82, 2.24) is 0 Å². The van der Waals surface area contributed by atoms with Gasteiger partial charge in [-0.05, 0) is 18.6 Å². The van der Waals surface area contributed by atoms with Gasteiger partial charge in [0.25, 0.3) is 0 Å². The number of nitro groups is 1. The Kier molecular flexibility index (Phi) is 4.16. The monoisotopic (exact) mass is 323 g/mol. The Morgan fingerprint density at radius 3 is 2.33 bits per heavy atom. The van der Waals surface area contributed by atoms with Gasteiger partial charge in [0.1, 0.15) is 0 Å². The molecule has 1 heterocycles. The lowest BCUT2D eigenvalue weighted by Gasteiger charge is -2.33. The van der Waals surface area contributed by atoms with Gasteiger partial charge in [0.2, 0.25) is 6.54 Å². The van der Waals surface area contributed by atoms with E-state index in [4.69, 9.17) is 4.74 Å². The van der Waals surface area contributed by atoms with Gasteiger partial charge in [0, 0.05) is 16.6 Å². The number of ether oxygens (including phenoxy) is 1. The van der Waals surface area contributed by atoms with Gasteiger partial charge in [0.05, 0.1) is 5.92 Å². The normalized spacial score (nSPS) is 20.6. The van der Waals surface area contributed by atoms with E-state index in [0.29, 0.717) is 0 Å². The van der Waals surface area contributed by atoms with Crippen molar-refractivity contribution in [3.05, 3.63) is 93.6 Å². The van der Waals surface area contributed by atoms with Crippen molar-refractivity contribution in [3.63, 3.8) is 0 Å². The SMILES string of the molecule is Cc1ccc([C@@]2([C@H](C[N+](=O)[O-])c3ccccc3)C=CC(=O)O2)cc1. The first-order valence-electron chi connectivity index (χ1n) is 7.67. The summed E-state index contributed by atoms with van der Waals surface area (Å²) in [6, 6.07) is 16.7. The molecular weight excluding hydrogens is 306 g/mol. The van der Waals surface area contributed by atoms with Gasteiger partial charge in [-0.1, -0.05) is 60.2 Å². The van der Waals surface area contributed by atoms with Crippen molar-refractivity contribution >= 4 is 5.97 Å². The van der Waals surface area contributed by atoms with E-state index in [1.165, 1.54) is 6.08 Å². The third-order valence-electron chi connectivity index (χ3n) is 4.29. The molecule has 0 aromatic heterocycles. The molecule has 0 fully saturated rings. The Balaban J connectivity index is 2.15. The minimum atomic E-state index is -1.17. The Morgan fingerprint density at radius 1 is 1.12 bits per heavy atom. The summed E-state index contributed by atoms with van der Waals surface area (Å²) >= 11 is 0. The van der Waals surface area contributed by atoms with Crippen molar-refractivity contribution in [1.29, 1.82) is 0 Å². The largest absolute Gasteiger partial charge is 0.446 e. The molecule has 0 bridgehead atoms. The molecule has 1 aliphatic heterocycles. The summed E-state index contributed by atoms with van der Waals surface area (Å²) in [6.07, 6.45) is 2.98. The fourth-order valence-electron chi connectivity index (χ4n) is 3.11. The summed E-state index contributed by atoms with van der Waals surface area (Å²) in [5, 5.41) is 11.3. The molecule has 5 heteroatoms. The highest BCUT2D eigenvalue weighted by Crippen LogP contribution is 2.44. The number of esters is 1. The van der Waals surface area contributed by atoms with Crippen LogP contribution in [0.4, 0.5) is 0 Å². The Labute approximate surface area is 139 Å². The first kappa shape index (κ1) is 15.9. The van der Waals surface area contributed by atoms with Crippen molar-refractivity contribution in [3.8, 4) is 0 Å². The second-order valence-corrected chi connectivity index (χ2v) is 5.89. The topological polar surface area (TPSA) is 69.4 Å². The van der Waals surface area contributed by atoms with Gasteiger partial charge in [-0.25, -0.2) is 4.79 Å². The average molecular weight is 323 g/mol. The zero-order valence-electron chi connectivity index (χ0n) is 13.2. The first-order valence-corrected chi connectivity index (χ1v) is 7.67. The number of carbonyl (C=O) groups is 1. The molecular formula is C19H17NO4. The molecule has 122 valence electrons. The summed E-state index contributed by atoms with van der Waals surface area (Å²) < 4.78 is 5.64. The smallest absolute Gasteiger partial charge is 0.331 e. The number of aryl methyl sites for hydroxylation is 1. The van der Waals surface area contributed by atoms with Crippen LogP contribution in [0.2, 0.25) is 0 Å². The fourth-order valence-corrected chi connectivity index (χ4v) is 3.11. The fraction of sp³-hybridized carbons (Fsp3) is 0.211. The molecule has 0 saturated carbocycles. The molecule has 5 nitrogen and oxygen atoms in total. The van der Waals surface area contributed by atoms with Crippen LogP contribution in [-0.2, 0) is 15.1 Å². The number of cyclic esters (lactones) is 1. The quantitative estimate of drug-likeness (QED) is 0.480. The van der Waals surface area contributed by atoms with Gasteiger partial charge >= 0.3 is 5.97 Å². The van der Waals surface area contributed by atoms with Crippen molar-refractivity contribution in [2.75, 3.05) is 6.54 Å². The van der Waals surface area contributed by atoms with E-state index in [-0.39, 0.29) is 11.5 Å². The average Bonchev–Trinajstić information content (AvgIpc) is 2.97. The van der Waals surface area contributed by atoms with Crippen LogP contribution in [0.3, 0.4) is 0 Å². The molecule has 0 aliphatic carbocycles. The number of carbonyl (C=O) groups excluding carboxylic acids is 1. The van der Waals surface area contributed by atoms with Crippen LogP contribution in [0, 0.1) is 17.0 Å². The van der Waals surface area contributed by atoms with Crippen LogP contribution in [0.25, 0.3) is 0 Å². The number of benzene rings is 2. The predicted molar refractivity (Wildman–Crippen MR) is 89.1 cm³/mol. The lowest BCUT2D eigenvalue weighted by Crippen LogP contribution is -2.37. The Hall–Kier alpha value is -2.95. The number of hydrogen-bond acceptors (Lipinski definition) is 4. The summed E-state index contributed by atoms with van der Waals surface area (Å²) in [4.78, 5) is 22.8. The van der Waals surface area contributed by atoms with E-state index in [1.54, 1.807) is 6.08 Å². The van der Waals surface area contributed by atoms with Gasteiger partial charge < -0.3 is 4.74 Å². The van der Waals surface area contributed by atoms with E-state index in [2.05, 4.69) is 0 Å². The molecule has 0 amide bonds. The van der Waals surface area contributed by atoms with E-state index in [9.17, 15) is 14.9 Å². The van der Waals surface area contributed by atoms with E-state index in [0.717, 1.165) is 16.7 Å². The van der Waals surface area contributed by atoms with Crippen LogP contribution < -0.4 is 0 Å². The van der Waals surface area contributed by atoms with Crippen molar-refractivity contribution in [2.45, 2.75) is 18.4 Å². The summed E-state index contributed by atoms with van der Waals surface area (Å²) in [6.45, 7) is 1.62. The van der Waals surface area contributed by atoms with Gasteiger partial charge in [-0.3, -0.25) is 10.1 Å². The molecule has 3 rings (SSSR count).